The molecule has 1 amide bonds. The highest BCUT2D eigenvalue weighted by molar-refractivity contribution is 5.94. The SMILES string of the molecule is O=C(c1cccc(F)c1F)N1CCCc2ccccc2C1. The number of carbonyl (C=O) groups is 1. The lowest BCUT2D eigenvalue weighted by Gasteiger charge is -2.21. The number of carbonyl (C=O) groups excluding carboxylic acids is 1. The molecule has 4 heteroatoms. The van der Waals surface area contributed by atoms with E-state index in [1.807, 2.05) is 24.3 Å². The second-order valence-corrected chi connectivity index (χ2v) is 5.20. The smallest absolute Gasteiger partial charge is 0.257 e. The topological polar surface area (TPSA) is 20.3 Å². The number of nitrogens with zero attached hydrogens (tertiary/aromatic N) is 1. The average molecular weight is 287 g/mol. The first-order valence-electron chi connectivity index (χ1n) is 6.97. The van der Waals surface area contributed by atoms with Gasteiger partial charge < -0.3 is 4.90 Å². The van der Waals surface area contributed by atoms with E-state index in [0.717, 1.165) is 24.5 Å². The van der Waals surface area contributed by atoms with Crippen LogP contribution in [0.15, 0.2) is 42.5 Å². The largest absolute Gasteiger partial charge is 0.334 e. The van der Waals surface area contributed by atoms with Crippen molar-refractivity contribution in [2.24, 2.45) is 0 Å². The van der Waals surface area contributed by atoms with Crippen LogP contribution in [0.2, 0.25) is 0 Å². The first-order valence-corrected chi connectivity index (χ1v) is 6.97. The standard InChI is InChI=1S/C17H15F2NO/c18-15-9-3-8-14(16(15)19)17(21)20-10-4-7-12-5-1-2-6-13(12)11-20/h1-3,5-6,8-9H,4,7,10-11H2. The molecule has 0 spiro atoms. The van der Waals surface area contributed by atoms with Gasteiger partial charge in [0.15, 0.2) is 11.6 Å². The first kappa shape index (κ1) is 13.7. The summed E-state index contributed by atoms with van der Waals surface area (Å²) in [6.07, 6.45) is 1.71. The Morgan fingerprint density at radius 2 is 1.76 bits per heavy atom. The zero-order valence-corrected chi connectivity index (χ0v) is 11.5. The minimum Gasteiger partial charge on any atom is -0.334 e. The summed E-state index contributed by atoms with van der Waals surface area (Å²) in [7, 11) is 0. The Hall–Kier alpha value is -2.23. The van der Waals surface area contributed by atoms with Crippen molar-refractivity contribution in [3.8, 4) is 0 Å². The summed E-state index contributed by atoms with van der Waals surface area (Å²) in [4.78, 5) is 14.0. The van der Waals surface area contributed by atoms with E-state index in [-0.39, 0.29) is 5.56 Å². The summed E-state index contributed by atoms with van der Waals surface area (Å²) >= 11 is 0. The average Bonchev–Trinajstić information content (AvgIpc) is 2.71. The third-order valence-corrected chi connectivity index (χ3v) is 3.82. The zero-order valence-electron chi connectivity index (χ0n) is 11.5. The number of amides is 1. The third kappa shape index (κ3) is 2.66. The van der Waals surface area contributed by atoms with Crippen LogP contribution in [0.5, 0.6) is 0 Å². The maximum Gasteiger partial charge on any atom is 0.257 e. The van der Waals surface area contributed by atoms with Crippen LogP contribution >= 0.6 is 0 Å². The highest BCUT2D eigenvalue weighted by atomic mass is 19.2. The van der Waals surface area contributed by atoms with Crippen molar-refractivity contribution in [2.45, 2.75) is 19.4 Å². The molecule has 0 aromatic heterocycles. The van der Waals surface area contributed by atoms with Crippen molar-refractivity contribution in [3.05, 3.63) is 70.8 Å². The minimum atomic E-state index is -1.07. The predicted molar refractivity (Wildman–Crippen MR) is 75.9 cm³/mol. The molecule has 0 fully saturated rings. The first-order chi connectivity index (χ1) is 10.2. The van der Waals surface area contributed by atoms with Gasteiger partial charge in [0.25, 0.3) is 5.91 Å². The molecule has 2 aromatic carbocycles. The number of aryl methyl sites for hydroxylation is 1. The molecule has 108 valence electrons. The lowest BCUT2D eigenvalue weighted by atomic mass is 10.0. The van der Waals surface area contributed by atoms with Crippen molar-refractivity contribution >= 4 is 5.91 Å². The molecule has 1 aliphatic rings. The van der Waals surface area contributed by atoms with Crippen LogP contribution in [0.4, 0.5) is 8.78 Å². The molecule has 0 atom stereocenters. The Bertz CT molecular complexity index is 684. The normalized spacial score (nSPS) is 14.5. The molecule has 0 aliphatic carbocycles. The van der Waals surface area contributed by atoms with Crippen molar-refractivity contribution in [1.29, 1.82) is 0 Å². The van der Waals surface area contributed by atoms with Crippen LogP contribution in [0.25, 0.3) is 0 Å². The van der Waals surface area contributed by atoms with Gasteiger partial charge in [-0.2, -0.15) is 0 Å². The predicted octanol–water partition coefficient (Wildman–Crippen LogP) is 3.55. The summed E-state index contributed by atoms with van der Waals surface area (Å²) < 4.78 is 27.1. The van der Waals surface area contributed by atoms with Gasteiger partial charge in [0.05, 0.1) is 5.56 Å². The van der Waals surface area contributed by atoms with E-state index in [2.05, 4.69) is 0 Å². The highest BCUT2D eigenvalue weighted by Crippen LogP contribution is 2.21. The summed E-state index contributed by atoms with van der Waals surface area (Å²) in [6, 6.07) is 11.6. The Kier molecular flexibility index (Phi) is 3.69. The number of rotatable bonds is 1. The van der Waals surface area contributed by atoms with E-state index in [9.17, 15) is 13.6 Å². The fourth-order valence-electron chi connectivity index (χ4n) is 2.71. The molecule has 0 radical (unpaired) electrons. The Labute approximate surface area is 122 Å². The molecule has 0 N–H and O–H groups in total. The van der Waals surface area contributed by atoms with Crippen molar-refractivity contribution in [2.75, 3.05) is 6.54 Å². The molecule has 0 saturated heterocycles. The zero-order chi connectivity index (χ0) is 14.8. The fraction of sp³-hybridized carbons (Fsp3) is 0.235. The molecule has 2 aromatic rings. The van der Waals surface area contributed by atoms with Crippen LogP contribution in [-0.4, -0.2) is 17.4 Å². The summed E-state index contributed by atoms with van der Waals surface area (Å²) in [6.45, 7) is 0.981. The fourth-order valence-corrected chi connectivity index (χ4v) is 2.71. The van der Waals surface area contributed by atoms with Gasteiger partial charge in [-0.3, -0.25) is 4.79 Å². The number of hydrogen-bond donors (Lipinski definition) is 0. The maximum atomic E-state index is 13.8. The van der Waals surface area contributed by atoms with E-state index in [4.69, 9.17) is 0 Å². The summed E-state index contributed by atoms with van der Waals surface area (Å²) in [5, 5.41) is 0. The lowest BCUT2D eigenvalue weighted by molar-refractivity contribution is 0.0740. The summed E-state index contributed by atoms with van der Waals surface area (Å²) in [5.41, 5.74) is 2.09. The quantitative estimate of drug-likeness (QED) is 0.785. The van der Waals surface area contributed by atoms with E-state index < -0.39 is 17.5 Å². The molecule has 21 heavy (non-hydrogen) atoms. The molecule has 0 unspecified atom stereocenters. The van der Waals surface area contributed by atoms with Crippen LogP contribution < -0.4 is 0 Å². The molecular formula is C17H15F2NO. The lowest BCUT2D eigenvalue weighted by Crippen LogP contribution is -2.31. The van der Waals surface area contributed by atoms with Gasteiger partial charge in [0, 0.05) is 13.1 Å². The van der Waals surface area contributed by atoms with Crippen molar-refractivity contribution < 1.29 is 13.6 Å². The van der Waals surface area contributed by atoms with Gasteiger partial charge >= 0.3 is 0 Å². The van der Waals surface area contributed by atoms with Gasteiger partial charge in [-0.05, 0) is 36.1 Å². The number of halogens is 2. The van der Waals surface area contributed by atoms with Crippen molar-refractivity contribution in [1.82, 2.24) is 4.90 Å². The maximum absolute atomic E-state index is 13.8. The molecule has 3 rings (SSSR count). The Balaban J connectivity index is 1.90. The monoisotopic (exact) mass is 287 g/mol. The number of benzene rings is 2. The van der Waals surface area contributed by atoms with E-state index in [0.29, 0.717) is 13.1 Å². The number of fused-ring (bicyclic) bond motifs is 1. The molecule has 1 heterocycles. The summed E-state index contributed by atoms with van der Waals surface area (Å²) in [5.74, 6) is -2.51. The van der Waals surface area contributed by atoms with Gasteiger partial charge in [-0.15, -0.1) is 0 Å². The third-order valence-electron chi connectivity index (χ3n) is 3.82. The van der Waals surface area contributed by atoms with E-state index >= 15 is 0 Å². The van der Waals surface area contributed by atoms with Crippen molar-refractivity contribution in [3.63, 3.8) is 0 Å². The molecule has 2 nitrogen and oxygen atoms in total. The molecule has 0 saturated carbocycles. The second-order valence-electron chi connectivity index (χ2n) is 5.20. The second kappa shape index (κ2) is 5.64. The van der Waals surface area contributed by atoms with E-state index in [1.165, 1.54) is 17.7 Å². The van der Waals surface area contributed by atoms with Crippen LogP contribution in [0.1, 0.15) is 27.9 Å². The molecular weight excluding hydrogens is 272 g/mol. The minimum absolute atomic E-state index is 0.200. The van der Waals surface area contributed by atoms with Gasteiger partial charge in [0.2, 0.25) is 0 Å². The van der Waals surface area contributed by atoms with Crippen LogP contribution in [-0.2, 0) is 13.0 Å². The van der Waals surface area contributed by atoms with Gasteiger partial charge in [-0.25, -0.2) is 8.78 Å². The van der Waals surface area contributed by atoms with Crippen LogP contribution in [0, 0.1) is 11.6 Å². The molecule has 0 bridgehead atoms. The van der Waals surface area contributed by atoms with Gasteiger partial charge in [-0.1, -0.05) is 30.3 Å². The van der Waals surface area contributed by atoms with Gasteiger partial charge in [0.1, 0.15) is 0 Å². The number of hydrogen-bond acceptors (Lipinski definition) is 1. The highest BCUT2D eigenvalue weighted by Gasteiger charge is 2.23. The Morgan fingerprint density at radius 3 is 2.57 bits per heavy atom. The van der Waals surface area contributed by atoms with Crippen LogP contribution in [0.3, 0.4) is 0 Å². The van der Waals surface area contributed by atoms with E-state index in [1.54, 1.807) is 4.90 Å². The Morgan fingerprint density at radius 1 is 1.00 bits per heavy atom. The molecule has 1 aliphatic heterocycles.